The second-order valence-corrected chi connectivity index (χ2v) is 4.47. The second kappa shape index (κ2) is 8.12. The smallest absolute Gasteiger partial charge is 0.203 e. The van der Waals surface area contributed by atoms with Gasteiger partial charge in [-0.2, -0.15) is 0 Å². The first-order valence-electron chi connectivity index (χ1n) is 6.97. The van der Waals surface area contributed by atoms with Gasteiger partial charge < -0.3 is 18.9 Å². The molecule has 0 saturated heterocycles. The monoisotopic (exact) mass is 306 g/mol. The Morgan fingerprint density at radius 2 is 1.36 bits per heavy atom. The Bertz CT molecular complexity index is 579. The van der Waals surface area contributed by atoms with Crippen LogP contribution in [0, 0.1) is 5.82 Å². The molecule has 0 amide bonds. The number of hydrogen-bond donors (Lipinski definition) is 0. The maximum absolute atomic E-state index is 13.4. The topological polar surface area (TPSA) is 36.9 Å². The second-order valence-electron chi connectivity index (χ2n) is 4.47. The summed E-state index contributed by atoms with van der Waals surface area (Å²) in [6.07, 6.45) is 0.607. The minimum atomic E-state index is -0.366. The van der Waals surface area contributed by atoms with Gasteiger partial charge in [0.2, 0.25) is 5.75 Å². The van der Waals surface area contributed by atoms with Gasteiger partial charge in [-0.1, -0.05) is 18.2 Å². The molecule has 0 aliphatic carbocycles. The van der Waals surface area contributed by atoms with Crippen molar-refractivity contribution in [2.24, 2.45) is 0 Å². The van der Waals surface area contributed by atoms with Gasteiger partial charge in [0.25, 0.3) is 0 Å². The summed E-state index contributed by atoms with van der Waals surface area (Å²) in [6, 6.07) is 11.7. The average Bonchev–Trinajstić information content (AvgIpc) is 2.56. The first-order valence-corrected chi connectivity index (χ1v) is 6.97. The fourth-order valence-electron chi connectivity index (χ4n) is 1.94. The minimum absolute atomic E-state index is 0.248. The van der Waals surface area contributed by atoms with Crippen LogP contribution in [-0.4, -0.2) is 27.4 Å². The van der Waals surface area contributed by atoms with Gasteiger partial charge in [-0.05, 0) is 24.3 Å². The molecule has 0 aliphatic heterocycles. The normalized spacial score (nSPS) is 10.1. The summed E-state index contributed by atoms with van der Waals surface area (Å²) in [5.74, 6) is 1.65. The summed E-state index contributed by atoms with van der Waals surface area (Å²) >= 11 is 0. The summed E-state index contributed by atoms with van der Waals surface area (Å²) < 4.78 is 34.9. The Morgan fingerprint density at radius 3 is 2.00 bits per heavy atom. The molecule has 0 N–H and O–H groups in total. The van der Waals surface area contributed by atoms with Crippen molar-refractivity contribution in [1.82, 2.24) is 0 Å². The lowest BCUT2D eigenvalue weighted by Crippen LogP contribution is -2.07. The van der Waals surface area contributed by atoms with Crippen molar-refractivity contribution >= 4 is 0 Å². The Balaban J connectivity index is 1.83. The van der Waals surface area contributed by atoms with Gasteiger partial charge in [0.15, 0.2) is 23.1 Å². The molecule has 0 unspecified atom stereocenters. The Kier molecular flexibility index (Phi) is 5.89. The van der Waals surface area contributed by atoms with E-state index in [0.29, 0.717) is 36.9 Å². The van der Waals surface area contributed by atoms with Crippen molar-refractivity contribution in [1.29, 1.82) is 0 Å². The molecule has 2 rings (SSSR count). The van der Waals surface area contributed by atoms with E-state index < -0.39 is 0 Å². The highest BCUT2D eigenvalue weighted by atomic mass is 19.1. The fourth-order valence-corrected chi connectivity index (χ4v) is 1.94. The molecular formula is C17H19FO4. The molecule has 22 heavy (non-hydrogen) atoms. The Morgan fingerprint density at radius 1 is 0.773 bits per heavy atom. The zero-order chi connectivity index (χ0) is 15.8. The number of benzene rings is 2. The molecule has 0 bridgehead atoms. The van der Waals surface area contributed by atoms with Gasteiger partial charge in [-0.25, -0.2) is 4.39 Å². The molecule has 0 radical (unpaired) electrons. The summed E-state index contributed by atoms with van der Waals surface area (Å²) in [5, 5.41) is 0. The van der Waals surface area contributed by atoms with Crippen LogP contribution in [0.1, 0.15) is 6.42 Å². The largest absolute Gasteiger partial charge is 0.493 e. The van der Waals surface area contributed by atoms with Crippen LogP contribution in [0.5, 0.6) is 23.0 Å². The zero-order valence-corrected chi connectivity index (χ0v) is 12.7. The van der Waals surface area contributed by atoms with Gasteiger partial charge in [0.1, 0.15) is 0 Å². The summed E-state index contributed by atoms with van der Waals surface area (Å²) in [5.41, 5.74) is 0. The number of halogens is 1. The number of hydrogen-bond acceptors (Lipinski definition) is 4. The molecule has 0 atom stereocenters. The van der Waals surface area contributed by atoms with Gasteiger partial charge in [0.05, 0.1) is 27.4 Å². The van der Waals surface area contributed by atoms with E-state index >= 15 is 0 Å². The third-order valence-corrected chi connectivity index (χ3v) is 3.01. The Labute approximate surface area is 129 Å². The van der Waals surface area contributed by atoms with Crippen LogP contribution < -0.4 is 18.9 Å². The van der Waals surface area contributed by atoms with E-state index in [-0.39, 0.29) is 11.6 Å². The molecule has 0 fully saturated rings. The average molecular weight is 306 g/mol. The Hall–Kier alpha value is -2.43. The van der Waals surface area contributed by atoms with E-state index in [9.17, 15) is 4.39 Å². The number of methoxy groups -OCH3 is 2. The predicted octanol–water partition coefficient (Wildman–Crippen LogP) is 3.69. The lowest BCUT2D eigenvalue weighted by molar-refractivity contribution is 0.228. The van der Waals surface area contributed by atoms with Crippen molar-refractivity contribution in [2.75, 3.05) is 27.4 Å². The van der Waals surface area contributed by atoms with Gasteiger partial charge >= 0.3 is 0 Å². The standard InChI is InChI=1S/C17H19FO4/c1-19-15-9-5-10-16(20-2)17(15)22-12-6-11-21-14-8-4-3-7-13(14)18/h3-5,7-10H,6,11-12H2,1-2H3. The van der Waals surface area contributed by atoms with E-state index in [0.717, 1.165) is 0 Å². The quantitative estimate of drug-likeness (QED) is 0.697. The van der Waals surface area contributed by atoms with E-state index in [2.05, 4.69) is 0 Å². The molecule has 5 heteroatoms. The number of para-hydroxylation sites is 2. The van der Waals surface area contributed by atoms with Crippen LogP contribution in [0.3, 0.4) is 0 Å². The highest BCUT2D eigenvalue weighted by Crippen LogP contribution is 2.36. The van der Waals surface area contributed by atoms with E-state index in [1.807, 2.05) is 6.07 Å². The van der Waals surface area contributed by atoms with Crippen molar-refractivity contribution in [3.8, 4) is 23.0 Å². The van der Waals surface area contributed by atoms with E-state index in [1.54, 1.807) is 44.6 Å². The maximum Gasteiger partial charge on any atom is 0.203 e. The van der Waals surface area contributed by atoms with Gasteiger partial charge in [0, 0.05) is 6.42 Å². The third kappa shape index (κ3) is 4.04. The van der Waals surface area contributed by atoms with Crippen LogP contribution in [0.15, 0.2) is 42.5 Å². The molecule has 0 spiro atoms. The van der Waals surface area contributed by atoms with Gasteiger partial charge in [-0.3, -0.25) is 0 Å². The molecule has 0 aliphatic rings. The maximum atomic E-state index is 13.4. The number of ether oxygens (including phenoxy) is 4. The SMILES string of the molecule is COc1cccc(OC)c1OCCCOc1ccccc1F. The van der Waals surface area contributed by atoms with Crippen molar-refractivity contribution in [3.05, 3.63) is 48.3 Å². The first-order chi connectivity index (χ1) is 10.8. The zero-order valence-electron chi connectivity index (χ0n) is 12.7. The minimum Gasteiger partial charge on any atom is -0.493 e. The predicted molar refractivity (Wildman–Crippen MR) is 81.6 cm³/mol. The first kappa shape index (κ1) is 15.9. The van der Waals surface area contributed by atoms with Crippen LogP contribution in [0.25, 0.3) is 0 Å². The van der Waals surface area contributed by atoms with Crippen molar-refractivity contribution in [3.63, 3.8) is 0 Å². The summed E-state index contributed by atoms with van der Waals surface area (Å²) in [4.78, 5) is 0. The number of rotatable bonds is 8. The lowest BCUT2D eigenvalue weighted by atomic mass is 10.3. The van der Waals surface area contributed by atoms with Crippen LogP contribution in [0.2, 0.25) is 0 Å². The summed E-state index contributed by atoms with van der Waals surface area (Å²) in [6.45, 7) is 0.767. The van der Waals surface area contributed by atoms with E-state index in [1.165, 1.54) is 6.07 Å². The highest BCUT2D eigenvalue weighted by Gasteiger charge is 2.10. The fraction of sp³-hybridized carbons (Fsp3) is 0.294. The lowest BCUT2D eigenvalue weighted by Gasteiger charge is -2.14. The van der Waals surface area contributed by atoms with Crippen LogP contribution in [0.4, 0.5) is 4.39 Å². The molecule has 0 aromatic heterocycles. The summed E-state index contributed by atoms with van der Waals surface area (Å²) in [7, 11) is 3.14. The third-order valence-electron chi connectivity index (χ3n) is 3.01. The molecule has 118 valence electrons. The molecule has 2 aromatic carbocycles. The van der Waals surface area contributed by atoms with E-state index in [4.69, 9.17) is 18.9 Å². The molecule has 0 heterocycles. The van der Waals surface area contributed by atoms with Crippen molar-refractivity contribution < 1.29 is 23.3 Å². The molecular weight excluding hydrogens is 287 g/mol. The van der Waals surface area contributed by atoms with Crippen molar-refractivity contribution in [2.45, 2.75) is 6.42 Å². The molecule has 2 aromatic rings. The van der Waals surface area contributed by atoms with Gasteiger partial charge in [-0.15, -0.1) is 0 Å². The van der Waals surface area contributed by atoms with Crippen LogP contribution in [-0.2, 0) is 0 Å². The highest BCUT2D eigenvalue weighted by molar-refractivity contribution is 5.51. The molecule has 0 saturated carbocycles. The van der Waals surface area contributed by atoms with Crippen LogP contribution >= 0.6 is 0 Å². The molecule has 4 nitrogen and oxygen atoms in total.